The van der Waals surface area contributed by atoms with Crippen molar-refractivity contribution in [3.8, 4) is 0 Å². The molecule has 0 aliphatic carbocycles. The van der Waals surface area contributed by atoms with E-state index in [1.54, 1.807) is 9.58 Å². The highest BCUT2D eigenvalue weighted by Gasteiger charge is 2.26. The highest BCUT2D eigenvalue weighted by Crippen LogP contribution is 2.15. The van der Waals surface area contributed by atoms with E-state index in [0.717, 1.165) is 12.1 Å². The number of aromatic nitrogens is 2. The Labute approximate surface area is 143 Å². The smallest absolute Gasteiger partial charge is 0.303 e. The van der Waals surface area contributed by atoms with Gasteiger partial charge in [0.15, 0.2) is 0 Å². The lowest BCUT2D eigenvalue weighted by molar-refractivity contribution is -0.138. The van der Waals surface area contributed by atoms with Crippen molar-refractivity contribution in [2.24, 2.45) is 11.8 Å². The largest absolute Gasteiger partial charge is 0.481 e. The van der Waals surface area contributed by atoms with E-state index in [9.17, 15) is 9.59 Å². The summed E-state index contributed by atoms with van der Waals surface area (Å²) >= 11 is 0. The lowest BCUT2D eigenvalue weighted by atomic mass is 10.1. The summed E-state index contributed by atoms with van der Waals surface area (Å²) < 4.78 is 1.75. The third-order valence-corrected chi connectivity index (χ3v) is 4.19. The van der Waals surface area contributed by atoms with E-state index in [0.29, 0.717) is 44.3 Å². The Morgan fingerprint density at radius 2 is 2.21 bits per heavy atom. The zero-order valence-electron chi connectivity index (χ0n) is 14.8. The molecular weight excluding hydrogens is 308 g/mol. The first-order valence-electron chi connectivity index (χ1n) is 8.69. The van der Waals surface area contributed by atoms with Gasteiger partial charge in [0.25, 0.3) is 5.91 Å². The number of aliphatic carboxylic acids is 1. The maximum Gasteiger partial charge on any atom is 0.303 e. The number of carboxylic acid groups (broad SMARTS) is 1. The Hall–Kier alpha value is -1.89. The van der Waals surface area contributed by atoms with Gasteiger partial charge < -0.3 is 15.3 Å². The van der Waals surface area contributed by atoms with Crippen LogP contribution in [0.4, 0.5) is 0 Å². The van der Waals surface area contributed by atoms with Crippen molar-refractivity contribution in [3.63, 3.8) is 0 Å². The minimum Gasteiger partial charge on any atom is -0.481 e. The number of carboxylic acids is 1. The monoisotopic (exact) mass is 336 g/mol. The number of nitrogens with one attached hydrogen (secondary N) is 1. The SMILES string of the molecule is CCn1nc(CC(C)C)cc1C(=O)N1CCNCC(CC(=O)O)C1. The van der Waals surface area contributed by atoms with E-state index in [1.165, 1.54) is 0 Å². The average Bonchev–Trinajstić information content (AvgIpc) is 2.75. The Morgan fingerprint density at radius 3 is 2.83 bits per heavy atom. The van der Waals surface area contributed by atoms with Crippen LogP contribution >= 0.6 is 0 Å². The molecule has 7 nitrogen and oxygen atoms in total. The molecule has 1 amide bonds. The maximum atomic E-state index is 13.0. The number of rotatable bonds is 6. The molecule has 1 unspecified atom stereocenters. The number of hydrogen-bond donors (Lipinski definition) is 2. The molecule has 1 aliphatic heterocycles. The summed E-state index contributed by atoms with van der Waals surface area (Å²) in [5, 5.41) is 16.8. The maximum absolute atomic E-state index is 13.0. The Kier molecular flexibility index (Phi) is 6.36. The molecule has 7 heteroatoms. The number of amides is 1. The number of carbonyl (C=O) groups is 2. The summed E-state index contributed by atoms with van der Waals surface area (Å²) in [7, 11) is 0. The second-order valence-corrected chi connectivity index (χ2v) is 6.85. The molecule has 1 fully saturated rings. The molecule has 0 saturated carbocycles. The van der Waals surface area contributed by atoms with Crippen LogP contribution in [-0.4, -0.2) is 57.8 Å². The number of hydrogen-bond acceptors (Lipinski definition) is 4. The fourth-order valence-electron chi connectivity index (χ4n) is 3.12. The van der Waals surface area contributed by atoms with Gasteiger partial charge in [-0.1, -0.05) is 13.8 Å². The minimum absolute atomic E-state index is 0.0570. The summed E-state index contributed by atoms with van der Waals surface area (Å²) in [5.74, 6) is -0.468. The minimum atomic E-state index is -0.825. The van der Waals surface area contributed by atoms with E-state index < -0.39 is 5.97 Å². The van der Waals surface area contributed by atoms with Crippen LogP contribution in [-0.2, 0) is 17.8 Å². The Bertz CT molecular complexity index is 582. The second-order valence-electron chi connectivity index (χ2n) is 6.85. The quantitative estimate of drug-likeness (QED) is 0.816. The fraction of sp³-hybridized carbons (Fsp3) is 0.706. The number of aryl methyl sites for hydroxylation is 1. The average molecular weight is 336 g/mol. The first-order chi connectivity index (χ1) is 11.4. The molecule has 134 valence electrons. The first-order valence-corrected chi connectivity index (χ1v) is 8.69. The Morgan fingerprint density at radius 1 is 1.46 bits per heavy atom. The van der Waals surface area contributed by atoms with Crippen LogP contribution < -0.4 is 5.32 Å². The highest BCUT2D eigenvalue weighted by molar-refractivity contribution is 5.92. The zero-order chi connectivity index (χ0) is 17.7. The predicted molar refractivity (Wildman–Crippen MR) is 91.0 cm³/mol. The van der Waals surface area contributed by atoms with Gasteiger partial charge in [-0.2, -0.15) is 5.10 Å². The molecule has 1 atom stereocenters. The van der Waals surface area contributed by atoms with E-state index in [4.69, 9.17) is 5.11 Å². The van der Waals surface area contributed by atoms with Crippen LogP contribution in [0, 0.1) is 11.8 Å². The van der Waals surface area contributed by atoms with Gasteiger partial charge in [-0.3, -0.25) is 14.3 Å². The summed E-state index contributed by atoms with van der Waals surface area (Å²) in [6, 6.07) is 1.89. The molecular formula is C17H28N4O3. The predicted octanol–water partition coefficient (Wildman–Crippen LogP) is 1.24. The molecule has 1 aliphatic rings. The standard InChI is InChI=1S/C17H28N4O3/c1-4-21-15(9-14(19-21)7-12(2)3)17(24)20-6-5-18-10-13(11-20)8-16(22)23/h9,12-13,18H,4-8,10-11H2,1-3H3,(H,22,23). The topological polar surface area (TPSA) is 87.5 Å². The fourth-order valence-corrected chi connectivity index (χ4v) is 3.12. The van der Waals surface area contributed by atoms with E-state index in [2.05, 4.69) is 24.3 Å². The molecule has 0 spiro atoms. The summed E-state index contributed by atoms with van der Waals surface area (Å²) in [6.45, 7) is 9.23. The Balaban J connectivity index is 2.16. The summed E-state index contributed by atoms with van der Waals surface area (Å²) in [6.07, 6.45) is 0.916. The molecule has 1 aromatic heterocycles. The third-order valence-electron chi connectivity index (χ3n) is 4.19. The van der Waals surface area contributed by atoms with E-state index >= 15 is 0 Å². The molecule has 1 aromatic rings. The molecule has 0 aromatic carbocycles. The van der Waals surface area contributed by atoms with Gasteiger partial charge in [-0.05, 0) is 31.2 Å². The van der Waals surface area contributed by atoms with Crippen molar-refractivity contribution in [2.45, 2.75) is 40.2 Å². The van der Waals surface area contributed by atoms with E-state index in [1.807, 2.05) is 13.0 Å². The van der Waals surface area contributed by atoms with Gasteiger partial charge in [0.05, 0.1) is 12.1 Å². The molecule has 2 rings (SSSR count). The van der Waals surface area contributed by atoms with Crippen LogP contribution in [0.15, 0.2) is 6.07 Å². The van der Waals surface area contributed by atoms with Gasteiger partial charge in [0, 0.05) is 32.7 Å². The van der Waals surface area contributed by atoms with Crippen molar-refractivity contribution < 1.29 is 14.7 Å². The molecule has 1 saturated heterocycles. The van der Waals surface area contributed by atoms with Crippen molar-refractivity contribution in [2.75, 3.05) is 26.2 Å². The van der Waals surface area contributed by atoms with Crippen molar-refractivity contribution in [3.05, 3.63) is 17.5 Å². The lowest BCUT2D eigenvalue weighted by Crippen LogP contribution is -2.37. The van der Waals surface area contributed by atoms with E-state index in [-0.39, 0.29) is 18.2 Å². The summed E-state index contributed by atoms with van der Waals surface area (Å²) in [5.41, 5.74) is 1.54. The molecule has 24 heavy (non-hydrogen) atoms. The third kappa shape index (κ3) is 4.80. The van der Waals surface area contributed by atoms with Crippen LogP contribution in [0.25, 0.3) is 0 Å². The lowest BCUT2D eigenvalue weighted by Gasteiger charge is -2.23. The molecule has 2 N–H and O–H groups in total. The highest BCUT2D eigenvalue weighted by atomic mass is 16.4. The van der Waals surface area contributed by atoms with Gasteiger partial charge >= 0.3 is 5.97 Å². The van der Waals surface area contributed by atoms with Crippen LogP contribution in [0.1, 0.15) is 43.4 Å². The summed E-state index contributed by atoms with van der Waals surface area (Å²) in [4.78, 5) is 25.7. The van der Waals surface area contributed by atoms with Crippen molar-refractivity contribution in [1.82, 2.24) is 20.0 Å². The van der Waals surface area contributed by atoms with Crippen molar-refractivity contribution >= 4 is 11.9 Å². The zero-order valence-corrected chi connectivity index (χ0v) is 14.8. The molecule has 0 radical (unpaired) electrons. The van der Waals surface area contributed by atoms with Gasteiger partial charge in [0.1, 0.15) is 5.69 Å². The van der Waals surface area contributed by atoms with Gasteiger partial charge in [-0.25, -0.2) is 0 Å². The normalized spacial score (nSPS) is 18.7. The first kappa shape index (κ1) is 18.4. The molecule has 0 bridgehead atoms. The van der Waals surface area contributed by atoms with Crippen LogP contribution in [0.5, 0.6) is 0 Å². The van der Waals surface area contributed by atoms with Crippen molar-refractivity contribution in [1.29, 1.82) is 0 Å². The van der Waals surface area contributed by atoms with Crippen LogP contribution in [0.2, 0.25) is 0 Å². The van der Waals surface area contributed by atoms with Gasteiger partial charge in [-0.15, -0.1) is 0 Å². The number of carbonyl (C=O) groups excluding carboxylic acids is 1. The molecule has 2 heterocycles. The van der Waals surface area contributed by atoms with Gasteiger partial charge in [0.2, 0.25) is 0 Å². The second kappa shape index (κ2) is 8.28. The van der Waals surface area contributed by atoms with Crippen LogP contribution in [0.3, 0.4) is 0 Å². The number of nitrogens with zero attached hydrogens (tertiary/aromatic N) is 3.